The van der Waals surface area contributed by atoms with Crippen molar-refractivity contribution < 1.29 is 23.6 Å². The number of nitrogen functional groups attached to an aromatic ring is 1. The second kappa shape index (κ2) is 22.5. The van der Waals surface area contributed by atoms with Crippen molar-refractivity contribution in [2.24, 2.45) is 0 Å². The molecule has 46 heavy (non-hydrogen) atoms. The van der Waals surface area contributed by atoms with Crippen LogP contribution >= 0.6 is 7.29 Å². The molecule has 2 rings (SSSR count). The lowest BCUT2D eigenvalue weighted by Crippen LogP contribution is -2.39. The molecule has 12 heteroatoms. The summed E-state index contributed by atoms with van der Waals surface area (Å²) in [6.45, 7) is 12.3. The van der Waals surface area contributed by atoms with Crippen molar-refractivity contribution in [1.82, 2.24) is 24.6 Å². The van der Waals surface area contributed by atoms with E-state index < -0.39 is 25.1 Å². The lowest BCUT2D eigenvalue weighted by Gasteiger charge is -2.31. The number of fused-ring (bicyclic) bond motifs is 1. The molecule has 2 heterocycles. The number of carbonyl (C=O) groups is 1. The number of ether oxygens (including phenoxy) is 3. The van der Waals surface area contributed by atoms with Crippen LogP contribution in [0.3, 0.4) is 0 Å². The first-order valence-electron chi connectivity index (χ1n) is 17.8. The third kappa shape index (κ3) is 14.8. The molecule has 2 aromatic rings. The fourth-order valence-corrected chi connectivity index (χ4v) is 8.15. The van der Waals surface area contributed by atoms with Crippen molar-refractivity contribution in [3.8, 4) is 0 Å². The smallest absolute Gasteiger partial charge is 0.323 e. The molecule has 0 aliphatic rings. The molecule has 11 nitrogen and oxygen atoms in total. The molecule has 0 amide bonds. The zero-order valence-electron chi connectivity index (χ0n) is 29.5. The Bertz CT molecular complexity index is 1160. The first-order valence-corrected chi connectivity index (χ1v) is 19.8. The van der Waals surface area contributed by atoms with Gasteiger partial charge in [0.2, 0.25) is 7.29 Å². The van der Waals surface area contributed by atoms with Gasteiger partial charge in [0.05, 0.1) is 25.1 Å². The van der Waals surface area contributed by atoms with Gasteiger partial charge in [-0.15, -0.1) is 0 Å². The van der Waals surface area contributed by atoms with Crippen LogP contribution < -0.4 is 10.8 Å². The van der Waals surface area contributed by atoms with Gasteiger partial charge in [-0.2, -0.15) is 0 Å². The quantitative estimate of drug-likeness (QED) is 0.0544. The van der Waals surface area contributed by atoms with E-state index in [1.807, 2.05) is 18.4 Å². The van der Waals surface area contributed by atoms with Gasteiger partial charge in [-0.25, -0.2) is 20.0 Å². The van der Waals surface area contributed by atoms with E-state index in [0.717, 1.165) is 12.8 Å². The van der Waals surface area contributed by atoms with Gasteiger partial charge in [0.25, 0.3) is 0 Å². The van der Waals surface area contributed by atoms with Gasteiger partial charge in [0.15, 0.2) is 11.5 Å². The SMILES string of the molecule is CCCCCCCCCCCCCCCCOC(CC)P(=O)(COC(C)Cn1cnc2c(N)ncnc21)N[C@@H](C)C(=O)OC(C)C. The maximum atomic E-state index is 14.5. The molecule has 0 spiro atoms. The highest BCUT2D eigenvalue weighted by molar-refractivity contribution is 7.62. The fraction of sp³-hybridized carbons (Fsp3) is 0.824. The molecular formula is C34H63N6O5P. The summed E-state index contributed by atoms with van der Waals surface area (Å²) in [6.07, 6.45) is 20.9. The number of imidazole rings is 1. The summed E-state index contributed by atoms with van der Waals surface area (Å²) in [7, 11) is -3.34. The summed E-state index contributed by atoms with van der Waals surface area (Å²) >= 11 is 0. The van der Waals surface area contributed by atoms with Gasteiger partial charge in [-0.05, 0) is 40.5 Å². The lowest BCUT2D eigenvalue weighted by atomic mass is 10.0. The highest BCUT2D eigenvalue weighted by Gasteiger charge is 2.37. The Kier molecular flexibility index (Phi) is 19.6. The molecule has 264 valence electrons. The summed E-state index contributed by atoms with van der Waals surface area (Å²) < 4.78 is 34.1. The van der Waals surface area contributed by atoms with Crippen LogP contribution in [0.5, 0.6) is 0 Å². The van der Waals surface area contributed by atoms with Crippen molar-refractivity contribution in [3.63, 3.8) is 0 Å². The number of nitrogens with one attached hydrogen (secondary N) is 1. The number of hydrogen-bond acceptors (Lipinski definition) is 9. The molecule has 0 radical (unpaired) electrons. The number of hydrogen-bond donors (Lipinski definition) is 2. The van der Waals surface area contributed by atoms with E-state index in [1.54, 1.807) is 27.1 Å². The van der Waals surface area contributed by atoms with Gasteiger partial charge >= 0.3 is 5.97 Å². The van der Waals surface area contributed by atoms with Gasteiger partial charge in [-0.1, -0.05) is 97.3 Å². The van der Waals surface area contributed by atoms with Crippen LogP contribution in [0.25, 0.3) is 11.2 Å². The van der Waals surface area contributed by atoms with E-state index in [9.17, 15) is 9.36 Å². The molecule has 0 saturated heterocycles. The summed E-state index contributed by atoms with van der Waals surface area (Å²) in [4.78, 5) is 25.2. The molecule has 3 unspecified atom stereocenters. The topological polar surface area (TPSA) is 143 Å². The van der Waals surface area contributed by atoms with E-state index in [2.05, 4.69) is 27.0 Å². The highest BCUT2D eigenvalue weighted by Crippen LogP contribution is 2.49. The summed E-state index contributed by atoms with van der Waals surface area (Å²) in [6, 6.07) is -0.775. The standard InChI is InChI=1S/C34H63N6O5P/c1-7-9-10-11-12-13-14-15-16-17-18-19-20-21-22-43-30(8-2)46(42,39-29(6)34(41)45-27(3)4)26-44-28(5)23-40-25-38-31-32(35)36-24-37-33(31)40/h24-25,27-30H,7-23,26H2,1-6H3,(H,39,42)(H2,35,36,37)/t28?,29-,30?,46?/m0/s1. The molecule has 0 aromatic carbocycles. The second-order valence-electron chi connectivity index (χ2n) is 12.9. The largest absolute Gasteiger partial charge is 0.462 e. The molecule has 0 bridgehead atoms. The normalized spacial score (nSPS) is 15.2. The first-order chi connectivity index (χ1) is 22.1. The van der Waals surface area contributed by atoms with Gasteiger partial charge in [0.1, 0.15) is 30.1 Å². The van der Waals surface area contributed by atoms with E-state index in [4.69, 9.17) is 19.9 Å². The lowest BCUT2D eigenvalue weighted by molar-refractivity contribution is -0.149. The number of carbonyl (C=O) groups excluding carboxylic acids is 1. The Morgan fingerprint density at radius 1 is 0.870 bits per heavy atom. The minimum absolute atomic E-state index is 0.0888. The van der Waals surface area contributed by atoms with Crippen LogP contribution in [0.4, 0.5) is 5.82 Å². The van der Waals surface area contributed by atoms with E-state index in [-0.39, 0.29) is 18.6 Å². The van der Waals surface area contributed by atoms with Crippen LogP contribution in [0.15, 0.2) is 12.7 Å². The number of rotatable bonds is 27. The monoisotopic (exact) mass is 666 g/mol. The maximum Gasteiger partial charge on any atom is 0.323 e. The van der Waals surface area contributed by atoms with Gasteiger partial charge in [0, 0.05) is 6.61 Å². The fourth-order valence-electron chi connectivity index (χ4n) is 5.57. The molecule has 0 saturated carbocycles. The van der Waals surface area contributed by atoms with Gasteiger partial charge in [-0.3, -0.25) is 4.79 Å². The number of anilines is 1. The van der Waals surface area contributed by atoms with Crippen molar-refractivity contribution >= 4 is 30.2 Å². The molecule has 3 N–H and O–H groups in total. The average molecular weight is 667 g/mol. The third-order valence-corrected chi connectivity index (χ3v) is 11.0. The summed E-state index contributed by atoms with van der Waals surface area (Å²) in [5.41, 5.74) is 7.06. The molecule has 2 aromatic heterocycles. The van der Waals surface area contributed by atoms with Crippen molar-refractivity contribution in [2.45, 2.75) is 168 Å². The van der Waals surface area contributed by atoms with Crippen molar-refractivity contribution in [2.75, 3.05) is 18.7 Å². The van der Waals surface area contributed by atoms with Crippen LogP contribution in [0.2, 0.25) is 0 Å². The highest BCUT2D eigenvalue weighted by atomic mass is 31.2. The number of esters is 1. The molecule has 4 atom stereocenters. The zero-order chi connectivity index (χ0) is 33.8. The Morgan fingerprint density at radius 2 is 1.46 bits per heavy atom. The number of aromatic nitrogens is 4. The van der Waals surface area contributed by atoms with Crippen LogP contribution in [0, 0.1) is 0 Å². The molecule has 0 aliphatic carbocycles. The van der Waals surface area contributed by atoms with E-state index in [0.29, 0.717) is 36.6 Å². The Hall–Kier alpha value is -2.07. The third-order valence-electron chi connectivity index (χ3n) is 8.17. The first kappa shape index (κ1) is 40.1. The Balaban J connectivity index is 1.83. The average Bonchev–Trinajstić information content (AvgIpc) is 3.43. The Morgan fingerprint density at radius 3 is 2.02 bits per heavy atom. The number of unbranched alkanes of at least 4 members (excludes halogenated alkanes) is 13. The number of nitrogens with two attached hydrogens (primary N) is 1. The molecule has 0 aliphatic heterocycles. The second-order valence-corrected chi connectivity index (χ2v) is 15.6. The Labute approximate surface area is 278 Å². The number of nitrogens with zero attached hydrogens (tertiary/aromatic N) is 4. The van der Waals surface area contributed by atoms with Crippen LogP contribution in [-0.4, -0.2) is 62.5 Å². The van der Waals surface area contributed by atoms with Crippen molar-refractivity contribution in [3.05, 3.63) is 12.7 Å². The van der Waals surface area contributed by atoms with Crippen molar-refractivity contribution in [1.29, 1.82) is 0 Å². The summed E-state index contributed by atoms with van der Waals surface area (Å²) in [5.74, 6) is -0.722. The molecular weight excluding hydrogens is 603 g/mol. The zero-order valence-corrected chi connectivity index (χ0v) is 30.4. The predicted octanol–water partition coefficient (Wildman–Crippen LogP) is 8.21. The van der Waals surface area contributed by atoms with Crippen LogP contribution in [-0.2, 0) is 30.1 Å². The maximum absolute atomic E-state index is 14.5. The predicted molar refractivity (Wildman–Crippen MR) is 187 cm³/mol. The van der Waals surface area contributed by atoms with Crippen LogP contribution in [0.1, 0.15) is 138 Å². The molecule has 0 fully saturated rings. The van der Waals surface area contributed by atoms with E-state index in [1.165, 1.54) is 83.4 Å². The summed E-state index contributed by atoms with van der Waals surface area (Å²) in [5, 5.41) is 3.08. The van der Waals surface area contributed by atoms with Gasteiger partial charge < -0.3 is 29.1 Å². The minimum Gasteiger partial charge on any atom is -0.462 e. The minimum atomic E-state index is -3.34. The van der Waals surface area contributed by atoms with E-state index >= 15 is 0 Å².